The highest BCUT2D eigenvalue weighted by atomic mass is 16.3. The lowest BCUT2D eigenvalue weighted by atomic mass is 9.48. The number of hydrogen-bond acceptors (Lipinski definition) is 4. The molecule has 0 saturated heterocycles. The summed E-state index contributed by atoms with van der Waals surface area (Å²) in [6.07, 6.45) is 3.70. The number of aliphatic hydroxyl groups is 2. The number of carbonyl (C=O) groups is 2. The van der Waals surface area contributed by atoms with Gasteiger partial charge >= 0.3 is 0 Å². The Morgan fingerprint density at radius 2 is 1.64 bits per heavy atom. The maximum atomic E-state index is 12.2. The minimum atomic E-state index is -0.728. The lowest BCUT2D eigenvalue weighted by Gasteiger charge is -2.61. The first kappa shape index (κ1) is 15.7. The van der Waals surface area contributed by atoms with Crippen molar-refractivity contribution < 1.29 is 19.8 Å². The number of amides is 1. The molecule has 0 unspecified atom stereocenters. The smallest absolute Gasteiger partial charge is 0.246 e. The van der Waals surface area contributed by atoms with Crippen LogP contribution < -0.4 is 5.32 Å². The van der Waals surface area contributed by atoms with Gasteiger partial charge in [0.15, 0.2) is 5.78 Å². The van der Waals surface area contributed by atoms with Crippen LogP contribution in [-0.2, 0) is 9.59 Å². The van der Waals surface area contributed by atoms with Crippen LogP contribution in [0.25, 0.3) is 0 Å². The summed E-state index contributed by atoms with van der Waals surface area (Å²) in [5.41, 5.74) is -1.06. The third-order valence-electron chi connectivity index (χ3n) is 5.73. The van der Waals surface area contributed by atoms with Gasteiger partial charge in [-0.05, 0) is 50.4 Å². The van der Waals surface area contributed by atoms with Crippen LogP contribution in [0, 0.1) is 17.8 Å². The number of rotatable bonds is 5. The van der Waals surface area contributed by atoms with Crippen LogP contribution in [0.1, 0.15) is 45.4 Å². The van der Waals surface area contributed by atoms with Crippen molar-refractivity contribution in [2.75, 3.05) is 6.54 Å². The molecule has 4 aliphatic rings. The van der Waals surface area contributed by atoms with E-state index < -0.39 is 11.2 Å². The van der Waals surface area contributed by atoms with Gasteiger partial charge in [-0.2, -0.15) is 0 Å². The number of carbonyl (C=O) groups excluding carboxylic acids is 2. The molecule has 0 heterocycles. The summed E-state index contributed by atoms with van der Waals surface area (Å²) < 4.78 is 0. The van der Waals surface area contributed by atoms with Crippen molar-refractivity contribution in [3.8, 4) is 0 Å². The Balaban J connectivity index is 1.59. The number of Topliss-reactive ketones (excluding diaryl/α,β-unsaturated/α-hetero) is 1. The average molecular weight is 307 g/mol. The van der Waals surface area contributed by atoms with Crippen molar-refractivity contribution in [1.82, 2.24) is 5.32 Å². The minimum absolute atomic E-state index is 0.0195. The fourth-order valence-electron chi connectivity index (χ4n) is 5.15. The molecule has 1 amide bonds. The average Bonchev–Trinajstić information content (AvgIpc) is 2.37. The van der Waals surface area contributed by atoms with E-state index in [0.29, 0.717) is 44.1 Å². The van der Waals surface area contributed by atoms with E-state index in [1.807, 2.05) is 0 Å². The second-order valence-electron chi connectivity index (χ2n) is 7.83. The van der Waals surface area contributed by atoms with Crippen molar-refractivity contribution in [2.45, 2.75) is 56.7 Å². The van der Waals surface area contributed by atoms with Crippen molar-refractivity contribution >= 4 is 11.7 Å². The normalized spacial score (nSPS) is 42.2. The maximum Gasteiger partial charge on any atom is 0.246 e. The maximum absolute atomic E-state index is 12.2. The Bertz CT molecular complexity index is 491. The van der Waals surface area contributed by atoms with Crippen molar-refractivity contribution in [3.63, 3.8) is 0 Å². The third-order valence-corrected chi connectivity index (χ3v) is 5.73. The quantitative estimate of drug-likeness (QED) is 0.660. The zero-order valence-corrected chi connectivity index (χ0v) is 13.1. The molecule has 3 N–H and O–H groups in total. The number of hydrogen-bond donors (Lipinski definition) is 3. The highest BCUT2D eigenvalue weighted by Gasteiger charge is 2.60. The van der Waals surface area contributed by atoms with Crippen molar-refractivity contribution in [2.24, 2.45) is 17.8 Å². The van der Waals surface area contributed by atoms with Crippen LogP contribution >= 0.6 is 0 Å². The van der Waals surface area contributed by atoms with Crippen LogP contribution in [0.15, 0.2) is 12.2 Å². The predicted molar refractivity (Wildman–Crippen MR) is 80.9 cm³/mol. The molecule has 0 atom stereocenters. The number of ketones is 1. The molecule has 5 heteroatoms. The molecule has 4 bridgehead atoms. The molecule has 0 aromatic rings. The van der Waals surface area contributed by atoms with Crippen molar-refractivity contribution in [1.29, 1.82) is 0 Å². The Hall–Kier alpha value is -1.20. The van der Waals surface area contributed by atoms with Crippen molar-refractivity contribution in [3.05, 3.63) is 12.2 Å². The summed E-state index contributed by atoms with van der Waals surface area (Å²) in [7, 11) is 0. The van der Waals surface area contributed by atoms with E-state index in [-0.39, 0.29) is 36.0 Å². The summed E-state index contributed by atoms with van der Waals surface area (Å²) >= 11 is 0. The van der Waals surface area contributed by atoms with Gasteiger partial charge in [0.05, 0.1) is 17.7 Å². The first-order valence-electron chi connectivity index (χ1n) is 8.10. The summed E-state index contributed by atoms with van der Waals surface area (Å²) in [6.45, 7) is 5.19. The lowest BCUT2D eigenvalue weighted by molar-refractivity contribution is -0.220. The van der Waals surface area contributed by atoms with Gasteiger partial charge in [0, 0.05) is 18.4 Å². The zero-order chi connectivity index (χ0) is 16.1. The Labute approximate surface area is 130 Å². The van der Waals surface area contributed by atoms with Gasteiger partial charge in [-0.3, -0.25) is 9.59 Å². The monoisotopic (exact) mass is 307 g/mol. The molecule has 122 valence electrons. The van der Waals surface area contributed by atoms with E-state index in [1.165, 1.54) is 0 Å². The van der Waals surface area contributed by atoms with E-state index in [9.17, 15) is 19.8 Å². The first-order chi connectivity index (χ1) is 10.2. The Morgan fingerprint density at radius 3 is 2.09 bits per heavy atom. The first-order valence-corrected chi connectivity index (χ1v) is 8.10. The van der Waals surface area contributed by atoms with Gasteiger partial charge in [0.25, 0.3) is 0 Å². The molecule has 5 nitrogen and oxygen atoms in total. The van der Waals surface area contributed by atoms with Crippen LogP contribution in [0.4, 0.5) is 0 Å². The molecule has 0 aromatic carbocycles. The minimum Gasteiger partial charge on any atom is -0.390 e. The van der Waals surface area contributed by atoms with Crippen LogP contribution in [0.5, 0.6) is 0 Å². The van der Waals surface area contributed by atoms with Crippen LogP contribution in [0.2, 0.25) is 0 Å². The summed E-state index contributed by atoms with van der Waals surface area (Å²) in [6, 6.07) is 0. The van der Waals surface area contributed by atoms with Gasteiger partial charge in [-0.1, -0.05) is 6.58 Å². The van der Waals surface area contributed by atoms with E-state index >= 15 is 0 Å². The highest BCUT2D eigenvalue weighted by Crippen LogP contribution is 2.60. The summed E-state index contributed by atoms with van der Waals surface area (Å²) in [5, 5.41) is 23.7. The van der Waals surface area contributed by atoms with E-state index in [4.69, 9.17) is 0 Å². The topological polar surface area (TPSA) is 86.6 Å². The summed E-state index contributed by atoms with van der Waals surface area (Å²) in [4.78, 5) is 23.6. The molecule has 4 fully saturated rings. The largest absolute Gasteiger partial charge is 0.390 e. The highest BCUT2D eigenvalue weighted by molar-refractivity contribution is 5.95. The lowest BCUT2D eigenvalue weighted by Crippen LogP contribution is -2.62. The molecule has 4 aliphatic carbocycles. The molecular weight excluding hydrogens is 282 g/mol. The molecular formula is C17H25NO4. The zero-order valence-electron chi connectivity index (χ0n) is 13.1. The van der Waals surface area contributed by atoms with Gasteiger partial charge in [0.1, 0.15) is 0 Å². The predicted octanol–water partition coefficient (Wildman–Crippen LogP) is 0.940. The summed E-state index contributed by atoms with van der Waals surface area (Å²) in [5.74, 6) is 0.400. The van der Waals surface area contributed by atoms with Gasteiger partial charge in [0.2, 0.25) is 5.91 Å². The second kappa shape index (κ2) is 5.17. The molecule has 0 aliphatic heterocycles. The third kappa shape index (κ3) is 2.84. The molecule has 0 radical (unpaired) electrons. The van der Waals surface area contributed by atoms with Gasteiger partial charge < -0.3 is 15.5 Å². The SMILES string of the molecule is C=C(C)C(=O)NCC(=O)CC1C2CC3(O)CC1CC(O)(C2)C3. The second-order valence-corrected chi connectivity index (χ2v) is 7.83. The Morgan fingerprint density at radius 1 is 1.14 bits per heavy atom. The molecule has 0 aromatic heterocycles. The van der Waals surface area contributed by atoms with Gasteiger partial charge in [-0.15, -0.1) is 0 Å². The number of nitrogens with one attached hydrogen (secondary N) is 1. The van der Waals surface area contributed by atoms with E-state index in [1.54, 1.807) is 6.92 Å². The van der Waals surface area contributed by atoms with Crippen LogP contribution in [0.3, 0.4) is 0 Å². The van der Waals surface area contributed by atoms with E-state index in [0.717, 1.165) is 0 Å². The fourth-order valence-corrected chi connectivity index (χ4v) is 5.15. The van der Waals surface area contributed by atoms with Gasteiger partial charge in [-0.25, -0.2) is 0 Å². The molecule has 22 heavy (non-hydrogen) atoms. The Kier molecular flexibility index (Phi) is 3.68. The van der Waals surface area contributed by atoms with Crippen LogP contribution in [-0.4, -0.2) is 39.7 Å². The molecule has 0 spiro atoms. The molecule has 4 rings (SSSR count). The molecule has 4 saturated carbocycles. The standard InChI is InChI=1S/C17H25NO4/c1-10(2)15(20)18-8-13(19)3-14-11-4-16(21)6-12(14)7-17(22,5-11)9-16/h11-12,14,21-22H,1,3-9H2,2H3,(H,18,20). The fraction of sp³-hybridized carbons (Fsp3) is 0.765. The van der Waals surface area contributed by atoms with E-state index in [2.05, 4.69) is 11.9 Å².